The van der Waals surface area contributed by atoms with E-state index in [1.807, 2.05) is 42.5 Å². The van der Waals surface area contributed by atoms with E-state index in [0.29, 0.717) is 16.7 Å². The zero-order valence-corrected chi connectivity index (χ0v) is 18.0. The van der Waals surface area contributed by atoms with Gasteiger partial charge in [0.1, 0.15) is 12.4 Å². The van der Waals surface area contributed by atoms with E-state index in [0.717, 1.165) is 55.1 Å². The van der Waals surface area contributed by atoms with Gasteiger partial charge in [-0.2, -0.15) is 0 Å². The van der Waals surface area contributed by atoms with E-state index in [9.17, 15) is 4.79 Å². The first-order valence-electron chi connectivity index (χ1n) is 9.92. The van der Waals surface area contributed by atoms with E-state index in [1.54, 1.807) is 6.07 Å². The van der Waals surface area contributed by atoms with Crippen LogP contribution in [-0.4, -0.2) is 49.2 Å². The highest BCUT2D eigenvalue weighted by Crippen LogP contribution is 2.32. The van der Waals surface area contributed by atoms with Crippen molar-refractivity contribution in [1.29, 1.82) is 0 Å². The molecule has 1 aromatic heterocycles. The van der Waals surface area contributed by atoms with E-state index in [2.05, 4.69) is 20.9 Å². The number of aromatic nitrogens is 1. The molecule has 1 aliphatic heterocycles. The molecule has 1 aliphatic rings. The Labute approximate surface area is 185 Å². The van der Waals surface area contributed by atoms with Crippen molar-refractivity contribution in [2.75, 3.05) is 44.2 Å². The van der Waals surface area contributed by atoms with E-state index < -0.39 is 0 Å². The number of hydrogen-bond donors (Lipinski definition) is 1. The van der Waals surface area contributed by atoms with Crippen molar-refractivity contribution in [1.82, 2.24) is 9.88 Å². The summed E-state index contributed by atoms with van der Waals surface area (Å²) >= 11 is 12.5. The van der Waals surface area contributed by atoms with Crippen LogP contribution in [0, 0.1) is 0 Å². The molecular weight excluding hydrogens is 421 g/mol. The van der Waals surface area contributed by atoms with Crippen LogP contribution in [0.1, 0.15) is 0 Å². The van der Waals surface area contributed by atoms with Gasteiger partial charge in [-0.3, -0.25) is 9.69 Å². The lowest BCUT2D eigenvalue weighted by atomic mass is 10.2. The first kappa shape index (κ1) is 20.8. The van der Waals surface area contributed by atoms with E-state index in [-0.39, 0.29) is 5.56 Å². The Bertz CT molecular complexity index is 1110. The molecular formula is C23H23Cl2N3O2. The maximum absolute atomic E-state index is 11.4. The lowest BCUT2D eigenvalue weighted by Gasteiger charge is -2.36. The minimum absolute atomic E-state index is 0.114. The van der Waals surface area contributed by atoms with Crippen LogP contribution in [0.2, 0.25) is 10.0 Å². The monoisotopic (exact) mass is 443 g/mol. The average molecular weight is 444 g/mol. The molecule has 3 aromatic rings. The van der Waals surface area contributed by atoms with Crippen molar-refractivity contribution in [3.63, 3.8) is 0 Å². The number of fused-ring (bicyclic) bond motifs is 1. The number of benzene rings is 2. The summed E-state index contributed by atoms with van der Waals surface area (Å²) in [5.74, 6) is 0.737. The van der Waals surface area contributed by atoms with Gasteiger partial charge in [0.15, 0.2) is 0 Å². The van der Waals surface area contributed by atoms with Crippen LogP contribution in [0.25, 0.3) is 10.9 Å². The Kier molecular flexibility index (Phi) is 6.62. The predicted molar refractivity (Wildman–Crippen MR) is 124 cm³/mol. The van der Waals surface area contributed by atoms with Crippen LogP contribution < -0.4 is 15.2 Å². The van der Waals surface area contributed by atoms with Gasteiger partial charge in [0, 0.05) is 44.9 Å². The fraction of sp³-hybridized carbons (Fsp3) is 0.261. The summed E-state index contributed by atoms with van der Waals surface area (Å²) in [6, 6.07) is 14.8. The molecule has 30 heavy (non-hydrogen) atoms. The van der Waals surface area contributed by atoms with Crippen molar-refractivity contribution in [2.45, 2.75) is 0 Å². The molecule has 7 heteroatoms. The highest BCUT2D eigenvalue weighted by Gasteiger charge is 2.18. The number of nitrogens with one attached hydrogen (secondary N) is 1. The van der Waals surface area contributed by atoms with Crippen LogP contribution in [0.15, 0.2) is 65.5 Å². The summed E-state index contributed by atoms with van der Waals surface area (Å²) in [5, 5.41) is 2.20. The molecule has 0 amide bonds. The Hall–Kier alpha value is -2.47. The number of halogens is 2. The number of anilines is 1. The zero-order chi connectivity index (χ0) is 20.9. The molecule has 5 nitrogen and oxygen atoms in total. The molecule has 0 atom stereocenters. The van der Waals surface area contributed by atoms with E-state index >= 15 is 0 Å². The molecule has 0 aliphatic carbocycles. The molecule has 1 fully saturated rings. The maximum Gasteiger partial charge on any atom is 0.248 e. The molecule has 0 bridgehead atoms. The second kappa shape index (κ2) is 9.56. The Morgan fingerprint density at radius 2 is 1.80 bits per heavy atom. The highest BCUT2D eigenvalue weighted by atomic mass is 35.5. The predicted octanol–water partition coefficient (Wildman–Crippen LogP) is 4.59. The second-order valence-corrected chi connectivity index (χ2v) is 8.00. The van der Waals surface area contributed by atoms with Crippen LogP contribution in [0.5, 0.6) is 5.75 Å². The van der Waals surface area contributed by atoms with Crippen molar-refractivity contribution in [3.8, 4) is 5.75 Å². The van der Waals surface area contributed by atoms with Gasteiger partial charge in [0.05, 0.1) is 21.2 Å². The lowest BCUT2D eigenvalue weighted by molar-refractivity contribution is 0.283. The Morgan fingerprint density at radius 3 is 2.63 bits per heavy atom. The third-order valence-corrected chi connectivity index (χ3v) is 6.03. The molecule has 156 valence electrons. The molecule has 4 rings (SSSR count). The van der Waals surface area contributed by atoms with Crippen LogP contribution >= 0.6 is 23.2 Å². The highest BCUT2D eigenvalue weighted by molar-refractivity contribution is 6.43. The standard InChI is InChI=1S/C23H23Cl2N3O2/c24-19-4-3-5-21(23(19)25)28-13-11-27(12-14-28)10-1-2-15-30-18-8-6-17-7-9-22(29)26-20(17)16-18/h1-9,16H,10-15H2,(H,26,29)/b2-1-. The summed E-state index contributed by atoms with van der Waals surface area (Å²) in [4.78, 5) is 18.9. The topological polar surface area (TPSA) is 48.6 Å². The van der Waals surface area contributed by atoms with Gasteiger partial charge in [-0.15, -0.1) is 0 Å². The number of pyridine rings is 1. The molecule has 0 radical (unpaired) electrons. The summed E-state index contributed by atoms with van der Waals surface area (Å²) in [6.45, 7) is 5.13. The van der Waals surface area contributed by atoms with Gasteiger partial charge < -0.3 is 14.6 Å². The summed E-state index contributed by atoms with van der Waals surface area (Å²) in [6.07, 6.45) is 4.16. The SMILES string of the molecule is O=c1ccc2ccc(OC/C=C\CN3CCN(c4cccc(Cl)c4Cl)CC3)cc2[nH]1. The molecule has 1 N–H and O–H groups in total. The molecule has 0 saturated carbocycles. The quantitative estimate of drug-likeness (QED) is 0.565. The smallest absolute Gasteiger partial charge is 0.248 e. The normalized spacial score (nSPS) is 15.2. The Balaban J connectivity index is 1.23. The number of nitrogens with zero attached hydrogens (tertiary/aromatic N) is 2. The first-order valence-corrected chi connectivity index (χ1v) is 10.7. The summed E-state index contributed by atoms with van der Waals surface area (Å²) in [5.41, 5.74) is 1.67. The van der Waals surface area contributed by atoms with Crippen molar-refractivity contribution in [3.05, 3.63) is 81.1 Å². The van der Waals surface area contributed by atoms with Gasteiger partial charge in [-0.25, -0.2) is 0 Å². The molecule has 1 saturated heterocycles. The molecule has 2 heterocycles. The maximum atomic E-state index is 11.4. The van der Waals surface area contributed by atoms with Gasteiger partial charge in [0.2, 0.25) is 5.56 Å². The number of piperazine rings is 1. The number of aromatic amines is 1. The zero-order valence-electron chi connectivity index (χ0n) is 16.5. The van der Waals surface area contributed by atoms with Gasteiger partial charge >= 0.3 is 0 Å². The number of ether oxygens (including phenoxy) is 1. The fourth-order valence-corrected chi connectivity index (χ4v) is 3.98. The third-order valence-electron chi connectivity index (χ3n) is 5.22. The van der Waals surface area contributed by atoms with Gasteiger partial charge in [0.25, 0.3) is 0 Å². The third kappa shape index (κ3) is 4.98. The van der Waals surface area contributed by atoms with Crippen molar-refractivity contribution < 1.29 is 4.74 Å². The summed E-state index contributed by atoms with van der Waals surface area (Å²) in [7, 11) is 0. The minimum Gasteiger partial charge on any atom is -0.489 e. The molecule has 2 aromatic carbocycles. The minimum atomic E-state index is -0.114. The van der Waals surface area contributed by atoms with Gasteiger partial charge in [-0.05, 0) is 35.7 Å². The van der Waals surface area contributed by atoms with Crippen LogP contribution in [-0.2, 0) is 0 Å². The summed E-state index contributed by atoms with van der Waals surface area (Å²) < 4.78 is 5.78. The van der Waals surface area contributed by atoms with Gasteiger partial charge in [-0.1, -0.05) is 41.4 Å². The number of hydrogen-bond acceptors (Lipinski definition) is 4. The average Bonchev–Trinajstić information content (AvgIpc) is 2.76. The fourth-order valence-electron chi connectivity index (χ4n) is 3.56. The number of H-pyrrole nitrogens is 1. The van der Waals surface area contributed by atoms with Crippen LogP contribution in [0.3, 0.4) is 0 Å². The largest absolute Gasteiger partial charge is 0.489 e. The molecule has 0 unspecified atom stereocenters. The lowest BCUT2D eigenvalue weighted by Crippen LogP contribution is -2.46. The van der Waals surface area contributed by atoms with E-state index in [1.165, 1.54) is 6.07 Å². The van der Waals surface area contributed by atoms with Crippen molar-refractivity contribution in [2.24, 2.45) is 0 Å². The second-order valence-electron chi connectivity index (χ2n) is 7.21. The number of rotatable bonds is 6. The van der Waals surface area contributed by atoms with Crippen molar-refractivity contribution >= 4 is 39.8 Å². The first-order chi connectivity index (χ1) is 14.6. The van der Waals surface area contributed by atoms with E-state index in [4.69, 9.17) is 27.9 Å². The van der Waals surface area contributed by atoms with Crippen LogP contribution in [0.4, 0.5) is 5.69 Å². The molecule has 0 spiro atoms. The Morgan fingerprint density at radius 1 is 1.00 bits per heavy atom.